The number of aryl methyl sites for hydroxylation is 1. The molecule has 0 bridgehead atoms. The monoisotopic (exact) mass is 273 g/mol. The SMILES string of the molecule is Cc1cccc2c(NC(C)(C)CCC(=O)O)ncnc12. The molecule has 0 aliphatic carbocycles. The van der Waals surface area contributed by atoms with Crippen LogP contribution in [0.1, 0.15) is 32.3 Å². The largest absolute Gasteiger partial charge is 0.481 e. The van der Waals surface area contributed by atoms with E-state index >= 15 is 0 Å². The summed E-state index contributed by atoms with van der Waals surface area (Å²) < 4.78 is 0. The summed E-state index contributed by atoms with van der Waals surface area (Å²) in [5, 5.41) is 13.1. The van der Waals surface area contributed by atoms with Gasteiger partial charge in [-0.05, 0) is 38.8 Å². The van der Waals surface area contributed by atoms with Gasteiger partial charge in [-0.1, -0.05) is 12.1 Å². The minimum absolute atomic E-state index is 0.127. The minimum Gasteiger partial charge on any atom is -0.481 e. The van der Waals surface area contributed by atoms with Gasteiger partial charge >= 0.3 is 5.97 Å². The molecule has 2 N–H and O–H groups in total. The van der Waals surface area contributed by atoms with Crippen LogP contribution in [0.4, 0.5) is 5.82 Å². The number of nitrogens with one attached hydrogen (secondary N) is 1. The van der Waals surface area contributed by atoms with Crippen LogP contribution in [0.2, 0.25) is 0 Å². The van der Waals surface area contributed by atoms with Gasteiger partial charge in [0.2, 0.25) is 0 Å². The van der Waals surface area contributed by atoms with Gasteiger partial charge in [-0.3, -0.25) is 4.79 Å². The second-order valence-electron chi connectivity index (χ2n) is 5.60. The summed E-state index contributed by atoms with van der Waals surface area (Å²) in [4.78, 5) is 19.3. The average molecular weight is 273 g/mol. The molecule has 2 aromatic rings. The van der Waals surface area contributed by atoms with Crippen molar-refractivity contribution >= 4 is 22.7 Å². The summed E-state index contributed by atoms with van der Waals surface area (Å²) in [5.74, 6) is -0.0441. The van der Waals surface area contributed by atoms with E-state index in [1.807, 2.05) is 39.0 Å². The zero-order chi connectivity index (χ0) is 14.8. The summed E-state index contributed by atoms with van der Waals surface area (Å²) in [6.07, 6.45) is 2.19. The third kappa shape index (κ3) is 3.23. The Labute approximate surface area is 118 Å². The molecule has 0 fully saturated rings. The molecular formula is C15H19N3O2. The first-order chi connectivity index (χ1) is 9.39. The van der Waals surface area contributed by atoms with Crippen LogP contribution >= 0.6 is 0 Å². The molecule has 0 saturated heterocycles. The minimum atomic E-state index is -0.789. The number of nitrogens with zero attached hydrogens (tertiary/aromatic N) is 2. The summed E-state index contributed by atoms with van der Waals surface area (Å²) in [6, 6.07) is 5.95. The Kier molecular flexibility index (Phi) is 3.88. The molecule has 0 spiro atoms. The van der Waals surface area contributed by atoms with Crippen molar-refractivity contribution in [1.29, 1.82) is 0 Å². The number of anilines is 1. The van der Waals surface area contributed by atoms with Crippen molar-refractivity contribution in [3.63, 3.8) is 0 Å². The molecule has 0 aliphatic rings. The van der Waals surface area contributed by atoms with E-state index in [-0.39, 0.29) is 12.0 Å². The molecular weight excluding hydrogens is 254 g/mol. The third-order valence-corrected chi connectivity index (χ3v) is 3.29. The number of aromatic nitrogens is 2. The Balaban J connectivity index is 2.29. The maximum atomic E-state index is 10.7. The van der Waals surface area contributed by atoms with Crippen LogP contribution in [0, 0.1) is 6.92 Å². The molecule has 5 heteroatoms. The number of carboxylic acids is 1. The lowest BCUT2D eigenvalue weighted by molar-refractivity contribution is -0.137. The van der Waals surface area contributed by atoms with Crippen LogP contribution in [0.5, 0.6) is 0 Å². The highest BCUT2D eigenvalue weighted by Gasteiger charge is 2.20. The molecule has 0 amide bonds. The van der Waals surface area contributed by atoms with Crippen LogP contribution in [0.25, 0.3) is 10.9 Å². The van der Waals surface area contributed by atoms with Crippen molar-refractivity contribution in [1.82, 2.24) is 9.97 Å². The van der Waals surface area contributed by atoms with Gasteiger partial charge in [-0.25, -0.2) is 9.97 Å². The topological polar surface area (TPSA) is 75.1 Å². The van der Waals surface area contributed by atoms with E-state index in [2.05, 4.69) is 15.3 Å². The Morgan fingerprint density at radius 1 is 1.35 bits per heavy atom. The lowest BCUT2D eigenvalue weighted by Gasteiger charge is -2.27. The van der Waals surface area contributed by atoms with Crippen molar-refractivity contribution in [2.75, 3.05) is 5.32 Å². The van der Waals surface area contributed by atoms with Crippen molar-refractivity contribution in [2.45, 2.75) is 39.2 Å². The number of carbonyl (C=O) groups is 1. The second-order valence-corrected chi connectivity index (χ2v) is 5.60. The molecule has 106 valence electrons. The van der Waals surface area contributed by atoms with Gasteiger partial charge in [0, 0.05) is 17.3 Å². The third-order valence-electron chi connectivity index (χ3n) is 3.29. The maximum absolute atomic E-state index is 10.7. The highest BCUT2D eigenvalue weighted by Crippen LogP contribution is 2.25. The van der Waals surface area contributed by atoms with Gasteiger partial charge in [0.25, 0.3) is 0 Å². The standard InChI is InChI=1S/C15H19N3O2/c1-10-5-4-6-11-13(10)16-9-17-14(11)18-15(2,3)8-7-12(19)20/h4-6,9H,7-8H2,1-3H3,(H,19,20)(H,16,17,18). The number of benzene rings is 1. The van der Waals surface area contributed by atoms with Gasteiger partial charge < -0.3 is 10.4 Å². The summed E-state index contributed by atoms with van der Waals surface area (Å²) >= 11 is 0. The number of hydrogen-bond acceptors (Lipinski definition) is 4. The fraction of sp³-hybridized carbons (Fsp3) is 0.400. The van der Waals surface area contributed by atoms with E-state index < -0.39 is 5.97 Å². The van der Waals surface area contributed by atoms with E-state index in [4.69, 9.17) is 5.11 Å². The Hall–Kier alpha value is -2.17. The zero-order valence-electron chi connectivity index (χ0n) is 12.0. The fourth-order valence-electron chi connectivity index (χ4n) is 2.14. The van der Waals surface area contributed by atoms with Gasteiger partial charge in [0.05, 0.1) is 5.52 Å². The lowest BCUT2D eigenvalue weighted by atomic mass is 9.98. The summed E-state index contributed by atoms with van der Waals surface area (Å²) in [5.41, 5.74) is 1.67. The van der Waals surface area contributed by atoms with Crippen molar-refractivity contribution in [3.8, 4) is 0 Å². The smallest absolute Gasteiger partial charge is 0.303 e. The molecule has 0 unspecified atom stereocenters. The summed E-state index contributed by atoms with van der Waals surface area (Å²) in [6.45, 7) is 5.95. The molecule has 5 nitrogen and oxygen atoms in total. The van der Waals surface area contributed by atoms with Crippen LogP contribution < -0.4 is 5.32 Å². The zero-order valence-corrected chi connectivity index (χ0v) is 12.0. The van der Waals surface area contributed by atoms with Crippen LogP contribution in [0.15, 0.2) is 24.5 Å². The van der Waals surface area contributed by atoms with Crippen LogP contribution in [0.3, 0.4) is 0 Å². The van der Waals surface area contributed by atoms with Crippen LogP contribution in [-0.4, -0.2) is 26.6 Å². The predicted octanol–water partition coefficient (Wildman–Crippen LogP) is 2.99. The first-order valence-corrected chi connectivity index (χ1v) is 6.59. The van der Waals surface area contributed by atoms with E-state index in [0.29, 0.717) is 6.42 Å². The van der Waals surface area contributed by atoms with Crippen molar-refractivity contribution in [3.05, 3.63) is 30.1 Å². The number of carboxylic acid groups (broad SMARTS) is 1. The van der Waals surface area contributed by atoms with Gasteiger partial charge in [-0.15, -0.1) is 0 Å². The quantitative estimate of drug-likeness (QED) is 0.876. The molecule has 1 aromatic heterocycles. The van der Waals surface area contributed by atoms with Gasteiger partial charge in [0.15, 0.2) is 0 Å². The van der Waals surface area contributed by atoms with Crippen molar-refractivity contribution in [2.24, 2.45) is 0 Å². The Bertz CT molecular complexity index is 638. The van der Waals surface area contributed by atoms with E-state index in [0.717, 1.165) is 22.3 Å². The van der Waals surface area contributed by atoms with Gasteiger partial charge in [0.1, 0.15) is 12.1 Å². The highest BCUT2D eigenvalue weighted by atomic mass is 16.4. The average Bonchev–Trinajstić information content (AvgIpc) is 2.38. The lowest BCUT2D eigenvalue weighted by Crippen LogP contribution is -2.32. The highest BCUT2D eigenvalue weighted by molar-refractivity contribution is 5.91. The van der Waals surface area contributed by atoms with Gasteiger partial charge in [-0.2, -0.15) is 0 Å². The first-order valence-electron chi connectivity index (χ1n) is 6.59. The van der Waals surface area contributed by atoms with Crippen molar-refractivity contribution < 1.29 is 9.90 Å². The first kappa shape index (κ1) is 14.2. The van der Waals surface area contributed by atoms with E-state index in [9.17, 15) is 4.79 Å². The molecule has 1 heterocycles. The van der Waals surface area contributed by atoms with E-state index in [1.54, 1.807) is 0 Å². The molecule has 1 aromatic carbocycles. The number of para-hydroxylation sites is 1. The second kappa shape index (κ2) is 5.45. The maximum Gasteiger partial charge on any atom is 0.303 e. The molecule has 0 radical (unpaired) electrons. The number of rotatable bonds is 5. The predicted molar refractivity (Wildman–Crippen MR) is 78.8 cm³/mol. The molecule has 0 aliphatic heterocycles. The normalized spacial score (nSPS) is 11.6. The molecule has 0 saturated carbocycles. The number of hydrogen-bond donors (Lipinski definition) is 2. The molecule has 2 rings (SSSR count). The fourth-order valence-corrected chi connectivity index (χ4v) is 2.14. The molecule has 20 heavy (non-hydrogen) atoms. The number of fused-ring (bicyclic) bond motifs is 1. The molecule has 0 atom stereocenters. The van der Waals surface area contributed by atoms with Crippen LogP contribution in [-0.2, 0) is 4.79 Å². The Morgan fingerprint density at radius 2 is 2.10 bits per heavy atom. The Morgan fingerprint density at radius 3 is 2.80 bits per heavy atom. The number of aliphatic carboxylic acids is 1. The summed E-state index contributed by atoms with van der Waals surface area (Å²) in [7, 11) is 0. The van der Waals surface area contributed by atoms with E-state index in [1.165, 1.54) is 6.33 Å².